The molecular weight excluding hydrogens is 273 g/mol. The van der Waals surface area contributed by atoms with Crippen LogP contribution in [0.25, 0.3) is 0 Å². The first-order chi connectivity index (χ1) is 9.97. The number of piperazine rings is 1. The lowest BCUT2D eigenvalue weighted by molar-refractivity contribution is -0.133. The lowest BCUT2D eigenvalue weighted by Crippen LogP contribution is -2.50. The van der Waals surface area contributed by atoms with Crippen LogP contribution in [0.1, 0.15) is 30.6 Å². The molecule has 1 saturated heterocycles. The van der Waals surface area contributed by atoms with Gasteiger partial charge in [-0.3, -0.25) is 9.59 Å². The van der Waals surface area contributed by atoms with Gasteiger partial charge in [0, 0.05) is 50.4 Å². The van der Waals surface area contributed by atoms with Gasteiger partial charge in [-0.15, -0.1) is 0 Å². The number of hydrogen-bond acceptors (Lipinski definition) is 3. The maximum atomic E-state index is 13.0. The summed E-state index contributed by atoms with van der Waals surface area (Å²) in [5.74, 6) is -0.414. The van der Waals surface area contributed by atoms with Gasteiger partial charge in [-0.25, -0.2) is 4.98 Å². The zero-order valence-corrected chi connectivity index (χ0v) is 12.4. The summed E-state index contributed by atoms with van der Waals surface area (Å²) in [7, 11) is 0. The van der Waals surface area contributed by atoms with E-state index in [0.717, 1.165) is 6.07 Å². The Bertz CT molecular complexity index is 525. The summed E-state index contributed by atoms with van der Waals surface area (Å²) in [6, 6.07) is 2.64. The van der Waals surface area contributed by atoms with Crippen LogP contribution < -0.4 is 0 Å². The van der Waals surface area contributed by atoms with E-state index in [1.807, 2.05) is 13.8 Å². The summed E-state index contributed by atoms with van der Waals surface area (Å²) in [5, 5.41) is 0. The van der Waals surface area contributed by atoms with Gasteiger partial charge < -0.3 is 9.80 Å². The van der Waals surface area contributed by atoms with Gasteiger partial charge in [0.2, 0.25) is 11.9 Å². The molecule has 1 aliphatic heterocycles. The minimum absolute atomic E-state index is 0.132. The van der Waals surface area contributed by atoms with Crippen molar-refractivity contribution in [3.63, 3.8) is 0 Å². The first-order valence-corrected chi connectivity index (χ1v) is 7.16. The van der Waals surface area contributed by atoms with Gasteiger partial charge >= 0.3 is 0 Å². The fraction of sp³-hybridized carbons (Fsp3) is 0.533. The monoisotopic (exact) mass is 293 g/mol. The Hall–Kier alpha value is -1.98. The summed E-state index contributed by atoms with van der Waals surface area (Å²) in [4.78, 5) is 31.1. The molecule has 1 aromatic heterocycles. The highest BCUT2D eigenvalue weighted by molar-refractivity contribution is 5.94. The third-order valence-electron chi connectivity index (χ3n) is 3.48. The molecule has 2 amide bonds. The second kappa shape index (κ2) is 6.65. The molecule has 0 unspecified atom stereocenters. The van der Waals surface area contributed by atoms with Crippen molar-refractivity contribution >= 4 is 11.8 Å². The summed E-state index contributed by atoms with van der Waals surface area (Å²) in [6.45, 7) is 6.04. The molecule has 5 nitrogen and oxygen atoms in total. The number of amides is 2. The van der Waals surface area contributed by atoms with E-state index < -0.39 is 5.95 Å². The van der Waals surface area contributed by atoms with E-state index in [-0.39, 0.29) is 11.8 Å². The fourth-order valence-electron chi connectivity index (χ4n) is 2.36. The number of rotatable bonds is 3. The van der Waals surface area contributed by atoms with E-state index in [0.29, 0.717) is 44.1 Å². The number of pyridine rings is 1. The molecule has 0 aromatic carbocycles. The Morgan fingerprint density at radius 1 is 1.24 bits per heavy atom. The third-order valence-corrected chi connectivity index (χ3v) is 3.48. The molecule has 1 aromatic rings. The molecule has 0 saturated carbocycles. The predicted molar refractivity (Wildman–Crippen MR) is 76.1 cm³/mol. The molecule has 0 N–H and O–H groups in total. The summed E-state index contributed by atoms with van der Waals surface area (Å²) in [6.07, 6.45) is 1.81. The second-order valence-corrected chi connectivity index (χ2v) is 5.64. The first-order valence-electron chi connectivity index (χ1n) is 7.16. The van der Waals surface area contributed by atoms with Crippen LogP contribution in [0, 0.1) is 11.9 Å². The van der Waals surface area contributed by atoms with Crippen LogP contribution in [0.15, 0.2) is 18.3 Å². The largest absolute Gasteiger partial charge is 0.339 e. The van der Waals surface area contributed by atoms with Gasteiger partial charge in [0.05, 0.1) is 0 Å². The zero-order chi connectivity index (χ0) is 15.4. The predicted octanol–water partition coefficient (Wildman–Crippen LogP) is 1.55. The molecular formula is C15H20FN3O2. The summed E-state index contributed by atoms with van der Waals surface area (Å²) in [5.41, 5.74) is 0.296. The second-order valence-electron chi connectivity index (χ2n) is 5.64. The van der Waals surface area contributed by atoms with Crippen molar-refractivity contribution in [3.8, 4) is 0 Å². The first kappa shape index (κ1) is 15.4. The molecule has 0 spiro atoms. The number of aromatic nitrogens is 1. The van der Waals surface area contributed by atoms with Crippen LogP contribution in [-0.2, 0) is 4.79 Å². The highest BCUT2D eigenvalue weighted by Gasteiger charge is 2.25. The Labute approximate surface area is 123 Å². The standard InChI is InChI=1S/C15H20FN3O2/c1-11(2)9-14(20)18-5-7-19(8-6-18)15(21)12-3-4-17-13(16)10-12/h3-4,10-11H,5-9H2,1-2H3. The minimum Gasteiger partial charge on any atom is -0.339 e. The van der Waals surface area contributed by atoms with Crippen molar-refractivity contribution in [1.29, 1.82) is 0 Å². The van der Waals surface area contributed by atoms with E-state index in [9.17, 15) is 14.0 Å². The molecule has 2 heterocycles. The number of carbonyl (C=O) groups is 2. The van der Waals surface area contributed by atoms with E-state index >= 15 is 0 Å². The highest BCUT2D eigenvalue weighted by Crippen LogP contribution is 2.11. The molecule has 1 aliphatic rings. The smallest absolute Gasteiger partial charge is 0.254 e. The molecule has 0 aliphatic carbocycles. The average molecular weight is 293 g/mol. The van der Waals surface area contributed by atoms with Gasteiger partial charge in [-0.1, -0.05) is 13.8 Å². The third kappa shape index (κ3) is 4.00. The van der Waals surface area contributed by atoms with Gasteiger partial charge in [0.1, 0.15) is 0 Å². The SMILES string of the molecule is CC(C)CC(=O)N1CCN(C(=O)c2ccnc(F)c2)CC1. The summed E-state index contributed by atoms with van der Waals surface area (Å²) >= 11 is 0. The number of halogens is 1. The zero-order valence-electron chi connectivity index (χ0n) is 12.4. The lowest BCUT2D eigenvalue weighted by Gasteiger charge is -2.35. The van der Waals surface area contributed by atoms with Crippen molar-refractivity contribution in [1.82, 2.24) is 14.8 Å². The van der Waals surface area contributed by atoms with E-state index in [4.69, 9.17) is 0 Å². The van der Waals surface area contributed by atoms with Crippen LogP contribution in [0.3, 0.4) is 0 Å². The Morgan fingerprint density at radius 2 is 1.86 bits per heavy atom. The Morgan fingerprint density at radius 3 is 2.43 bits per heavy atom. The lowest BCUT2D eigenvalue weighted by atomic mass is 10.1. The van der Waals surface area contributed by atoms with Gasteiger partial charge in [0.15, 0.2) is 0 Å². The van der Waals surface area contributed by atoms with Gasteiger partial charge in [-0.2, -0.15) is 4.39 Å². The van der Waals surface area contributed by atoms with Gasteiger partial charge in [-0.05, 0) is 12.0 Å². The normalized spacial score (nSPS) is 15.4. The topological polar surface area (TPSA) is 53.5 Å². The quantitative estimate of drug-likeness (QED) is 0.795. The van der Waals surface area contributed by atoms with Crippen LogP contribution in [0.5, 0.6) is 0 Å². The molecule has 114 valence electrons. The van der Waals surface area contributed by atoms with Crippen molar-refractivity contribution in [3.05, 3.63) is 29.8 Å². The number of hydrogen-bond donors (Lipinski definition) is 0. The van der Waals surface area contributed by atoms with Crippen LogP contribution in [0.4, 0.5) is 4.39 Å². The van der Waals surface area contributed by atoms with E-state index in [2.05, 4.69) is 4.98 Å². The van der Waals surface area contributed by atoms with Crippen LogP contribution in [0.2, 0.25) is 0 Å². The molecule has 0 bridgehead atoms. The Kier molecular flexibility index (Phi) is 4.88. The minimum atomic E-state index is -0.661. The van der Waals surface area contributed by atoms with Crippen LogP contribution in [-0.4, -0.2) is 52.8 Å². The maximum absolute atomic E-state index is 13.0. The van der Waals surface area contributed by atoms with Crippen molar-refractivity contribution in [2.45, 2.75) is 20.3 Å². The van der Waals surface area contributed by atoms with Crippen LogP contribution >= 0.6 is 0 Å². The summed E-state index contributed by atoms with van der Waals surface area (Å²) < 4.78 is 13.0. The number of carbonyl (C=O) groups excluding carboxylic acids is 2. The Balaban J connectivity index is 1.92. The average Bonchev–Trinajstić information content (AvgIpc) is 2.46. The molecule has 0 atom stereocenters. The molecule has 0 radical (unpaired) electrons. The fourth-order valence-corrected chi connectivity index (χ4v) is 2.36. The molecule has 21 heavy (non-hydrogen) atoms. The highest BCUT2D eigenvalue weighted by atomic mass is 19.1. The van der Waals surface area contributed by atoms with E-state index in [1.54, 1.807) is 9.80 Å². The maximum Gasteiger partial charge on any atom is 0.254 e. The molecule has 6 heteroatoms. The molecule has 1 fully saturated rings. The van der Waals surface area contributed by atoms with Crippen molar-refractivity contribution in [2.24, 2.45) is 5.92 Å². The van der Waals surface area contributed by atoms with Gasteiger partial charge in [0.25, 0.3) is 5.91 Å². The van der Waals surface area contributed by atoms with Crippen molar-refractivity contribution < 1.29 is 14.0 Å². The molecule has 2 rings (SSSR count). The van der Waals surface area contributed by atoms with Crippen molar-refractivity contribution in [2.75, 3.05) is 26.2 Å². The number of nitrogens with zero attached hydrogens (tertiary/aromatic N) is 3. The van der Waals surface area contributed by atoms with E-state index in [1.165, 1.54) is 12.3 Å².